The number of nitrogens with two attached hydrogens (primary N) is 1. The van der Waals surface area contributed by atoms with Crippen LogP contribution in [-0.4, -0.2) is 27.1 Å². The van der Waals surface area contributed by atoms with Gasteiger partial charge in [0, 0.05) is 5.69 Å². The third-order valence-corrected chi connectivity index (χ3v) is 3.36. The Morgan fingerprint density at radius 1 is 1.47 bits per heavy atom. The molecule has 19 heavy (non-hydrogen) atoms. The molecule has 1 fully saturated rings. The highest BCUT2D eigenvalue weighted by atomic mass is 16.5. The molecule has 0 aromatic carbocycles. The van der Waals surface area contributed by atoms with Gasteiger partial charge in [-0.25, -0.2) is 4.98 Å². The first-order chi connectivity index (χ1) is 9.08. The molecule has 0 saturated heterocycles. The van der Waals surface area contributed by atoms with Gasteiger partial charge in [-0.05, 0) is 38.2 Å². The van der Waals surface area contributed by atoms with E-state index in [0.717, 1.165) is 18.5 Å². The summed E-state index contributed by atoms with van der Waals surface area (Å²) in [5.74, 6) is 0.638. The molecule has 0 bridgehead atoms. The third-order valence-electron chi connectivity index (χ3n) is 3.36. The van der Waals surface area contributed by atoms with Gasteiger partial charge in [-0.1, -0.05) is 18.5 Å². The second-order valence-electron chi connectivity index (χ2n) is 5.17. The van der Waals surface area contributed by atoms with E-state index in [-0.39, 0.29) is 11.9 Å². The van der Waals surface area contributed by atoms with Gasteiger partial charge in [0.05, 0.1) is 0 Å². The van der Waals surface area contributed by atoms with E-state index < -0.39 is 0 Å². The molecular weight excluding hydrogens is 244 g/mol. The maximum Gasteiger partial charge on any atom is 0.317 e. The van der Waals surface area contributed by atoms with Crippen molar-refractivity contribution in [3.05, 3.63) is 17.5 Å². The lowest BCUT2D eigenvalue weighted by atomic mass is 9.89. The van der Waals surface area contributed by atoms with Gasteiger partial charge in [0.1, 0.15) is 11.8 Å². The van der Waals surface area contributed by atoms with Gasteiger partial charge in [0.2, 0.25) is 0 Å². The number of hydrogen-bond donors (Lipinski definition) is 2. The van der Waals surface area contributed by atoms with Crippen LogP contribution in [0, 0.1) is 12.8 Å². The molecular formula is C13H20N4O2. The number of aromatic nitrogens is 2. The van der Waals surface area contributed by atoms with Gasteiger partial charge in [-0.2, -0.15) is 4.98 Å². The van der Waals surface area contributed by atoms with Gasteiger partial charge in [-0.15, -0.1) is 0 Å². The van der Waals surface area contributed by atoms with Crippen molar-refractivity contribution in [1.29, 1.82) is 0 Å². The summed E-state index contributed by atoms with van der Waals surface area (Å²) in [6, 6.07) is 1.96. The Labute approximate surface area is 112 Å². The number of nitrogens with zero attached hydrogens (tertiary/aromatic N) is 3. The van der Waals surface area contributed by atoms with E-state index in [1.54, 1.807) is 6.07 Å². The summed E-state index contributed by atoms with van der Waals surface area (Å²) in [7, 11) is 0. The molecule has 1 aromatic rings. The third kappa shape index (κ3) is 3.56. The number of ether oxygens (including phenoxy) is 1. The van der Waals surface area contributed by atoms with E-state index in [9.17, 15) is 0 Å². The van der Waals surface area contributed by atoms with E-state index in [1.165, 1.54) is 12.8 Å². The second kappa shape index (κ2) is 5.86. The van der Waals surface area contributed by atoms with E-state index >= 15 is 0 Å². The minimum absolute atomic E-state index is 0.0348. The highest BCUT2D eigenvalue weighted by molar-refractivity contribution is 5.95. The van der Waals surface area contributed by atoms with Crippen LogP contribution in [0.15, 0.2) is 11.2 Å². The average molecular weight is 264 g/mol. The largest absolute Gasteiger partial charge is 0.460 e. The molecule has 6 nitrogen and oxygen atoms in total. The highest BCUT2D eigenvalue weighted by Crippen LogP contribution is 2.26. The van der Waals surface area contributed by atoms with Crippen LogP contribution < -0.4 is 10.5 Å². The number of amidine groups is 1. The van der Waals surface area contributed by atoms with Crippen molar-refractivity contribution in [1.82, 2.24) is 9.97 Å². The molecule has 1 aliphatic rings. The fourth-order valence-electron chi connectivity index (χ4n) is 2.41. The summed E-state index contributed by atoms with van der Waals surface area (Å²) in [6.45, 7) is 4.06. The molecule has 2 atom stereocenters. The molecule has 1 aliphatic carbocycles. The molecule has 104 valence electrons. The van der Waals surface area contributed by atoms with Crippen molar-refractivity contribution >= 4 is 5.84 Å². The number of hydrogen-bond acceptors (Lipinski definition) is 5. The van der Waals surface area contributed by atoms with Gasteiger partial charge >= 0.3 is 6.01 Å². The molecule has 1 aromatic heterocycles. The fraction of sp³-hybridized carbons (Fsp3) is 0.615. The first-order valence-corrected chi connectivity index (χ1v) is 6.58. The fourth-order valence-corrected chi connectivity index (χ4v) is 2.41. The van der Waals surface area contributed by atoms with Crippen LogP contribution in [0.3, 0.4) is 0 Å². The van der Waals surface area contributed by atoms with E-state index in [1.807, 2.05) is 6.92 Å². The van der Waals surface area contributed by atoms with Crippen molar-refractivity contribution in [2.75, 3.05) is 0 Å². The normalized spacial score (nSPS) is 24.2. The van der Waals surface area contributed by atoms with Gasteiger partial charge in [-0.3, -0.25) is 0 Å². The first-order valence-electron chi connectivity index (χ1n) is 6.58. The van der Waals surface area contributed by atoms with Gasteiger partial charge < -0.3 is 15.7 Å². The Hall–Kier alpha value is -1.85. The van der Waals surface area contributed by atoms with Crippen LogP contribution in [0.1, 0.15) is 44.0 Å². The topological polar surface area (TPSA) is 93.6 Å². The zero-order valence-electron chi connectivity index (χ0n) is 11.3. The molecule has 1 heterocycles. The molecule has 0 amide bonds. The first kappa shape index (κ1) is 13.6. The average Bonchev–Trinajstić information content (AvgIpc) is 2.37. The van der Waals surface area contributed by atoms with Crippen molar-refractivity contribution in [2.45, 2.75) is 45.6 Å². The van der Waals surface area contributed by atoms with E-state index in [0.29, 0.717) is 17.6 Å². The molecule has 0 aliphatic heterocycles. The Bertz CT molecular complexity index is 476. The lowest BCUT2D eigenvalue weighted by Gasteiger charge is -2.26. The van der Waals surface area contributed by atoms with Crippen molar-refractivity contribution in [2.24, 2.45) is 16.8 Å². The van der Waals surface area contributed by atoms with Crippen LogP contribution in [0.25, 0.3) is 0 Å². The number of aryl methyl sites for hydroxylation is 1. The van der Waals surface area contributed by atoms with E-state index in [4.69, 9.17) is 15.7 Å². The molecule has 6 heteroatoms. The number of oxime groups is 1. The summed E-state index contributed by atoms with van der Waals surface area (Å²) >= 11 is 0. The lowest BCUT2D eigenvalue weighted by molar-refractivity contribution is 0.118. The predicted octanol–water partition coefficient (Wildman–Crippen LogP) is 1.84. The van der Waals surface area contributed by atoms with Crippen molar-refractivity contribution in [3.8, 4) is 6.01 Å². The van der Waals surface area contributed by atoms with Crippen molar-refractivity contribution < 1.29 is 9.94 Å². The molecule has 3 N–H and O–H groups in total. The Morgan fingerprint density at radius 2 is 2.26 bits per heavy atom. The molecule has 1 saturated carbocycles. The predicted molar refractivity (Wildman–Crippen MR) is 71.3 cm³/mol. The van der Waals surface area contributed by atoms with Crippen LogP contribution >= 0.6 is 0 Å². The minimum Gasteiger partial charge on any atom is -0.460 e. The zero-order chi connectivity index (χ0) is 13.8. The molecule has 2 unspecified atom stereocenters. The lowest BCUT2D eigenvalue weighted by Crippen LogP contribution is -2.25. The maximum atomic E-state index is 8.69. The standard InChI is InChI=1S/C13H20N4O2/c1-8-4-3-5-10(6-8)19-13-15-9(2)7-11(16-13)12(14)17-18/h7-8,10,18H,3-6H2,1-2H3,(H2,14,17). The van der Waals surface area contributed by atoms with Crippen LogP contribution in [0.5, 0.6) is 6.01 Å². The quantitative estimate of drug-likeness (QED) is 0.376. The summed E-state index contributed by atoms with van der Waals surface area (Å²) in [5.41, 5.74) is 6.66. The summed E-state index contributed by atoms with van der Waals surface area (Å²) in [5, 5.41) is 11.6. The Balaban J connectivity index is 2.13. The molecule has 2 rings (SSSR count). The van der Waals surface area contributed by atoms with E-state index in [2.05, 4.69) is 22.0 Å². The van der Waals surface area contributed by atoms with Gasteiger partial charge in [0.15, 0.2) is 5.84 Å². The highest BCUT2D eigenvalue weighted by Gasteiger charge is 2.21. The summed E-state index contributed by atoms with van der Waals surface area (Å²) in [6.07, 6.45) is 4.64. The Morgan fingerprint density at radius 3 is 2.95 bits per heavy atom. The summed E-state index contributed by atoms with van der Waals surface area (Å²) < 4.78 is 5.83. The molecule has 0 spiro atoms. The molecule has 0 radical (unpaired) electrons. The Kier molecular flexibility index (Phi) is 4.19. The van der Waals surface area contributed by atoms with Crippen LogP contribution in [0.2, 0.25) is 0 Å². The maximum absolute atomic E-state index is 8.69. The number of rotatable bonds is 3. The summed E-state index contributed by atoms with van der Waals surface area (Å²) in [4.78, 5) is 8.42. The van der Waals surface area contributed by atoms with Crippen LogP contribution in [0.4, 0.5) is 0 Å². The SMILES string of the molecule is Cc1cc(/C(N)=N/O)nc(OC2CCCC(C)C2)n1. The minimum atomic E-state index is -0.0348. The smallest absolute Gasteiger partial charge is 0.317 e. The van der Waals surface area contributed by atoms with Crippen LogP contribution in [-0.2, 0) is 0 Å². The van der Waals surface area contributed by atoms with Gasteiger partial charge in [0.25, 0.3) is 0 Å². The zero-order valence-corrected chi connectivity index (χ0v) is 11.3. The van der Waals surface area contributed by atoms with Crippen molar-refractivity contribution in [3.63, 3.8) is 0 Å². The second-order valence-corrected chi connectivity index (χ2v) is 5.17. The monoisotopic (exact) mass is 264 g/mol.